The van der Waals surface area contributed by atoms with Gasteiger partial charge in [-0.15, -0.1) is 11.3 Å². The molecule has 1 aromatic carbocycles. The molecular formula is C28H40N4O3S. The van der Waals surface area contributed by atoms with Gasteiger partial charge in [-0.2, -0.15) is 0 Å². The second-order valence-electron chi connectivity index (χ2n) is 10.0. The average Bonchev–Trinajstić information content (AvgIpc) is 3.28. The average molecular weight is 513 g/mol. The molecule has 1 aliphatic carbocycles. The van der Waals surface area contributed by atoms with Gasteiger partial charge in [0.15, 0.2) is 0 Å². The molecule has 8 heteroatoms. The maximum atomic E-state index is 13.5. The zero-order chi connectivity index (χ0) is 26.1. The van der Waals surface area contributed by atoms with E-state index in [1.54, 1.807) is 11.3 Å². The van der Waals surface area contributed by atoms with Gasteiger partial charge in [-0.1, -0.05) is 52.7 Å². The van der Waals surface area contributed by atoms with Gasteiger partial charge in [0.1, 0.15) is 6.04 Å². The van der Waals surface area contributed by atoms with Crippen molar-refractivity contribution in [2.75, 3.05) is 6.54 Å². The minimum atomic E-state index is -0.727. The first kappa shape index (κ1) is 27.8. The largest absolute Gasteiger partial charge is 0.351 e. The molecule has 36 heavy (non-hydrogen) atoms. The molecule has 0 saturated heterocycles. The number of nitrogens with zero attached hydrogens (tertiary/aromatic N) is 1. The van der Waals surface area contributed by atoms with Crippen LogP contribution in [0.25, 0.3) is 10.2 Å². The van der Waals surface area contributed by atoms with Crippen LogP contribution >= 0.6 is 11.3 Å². The normalized spacial score (nSPS) is 15.9. The number of thiazole rings is 1. The number of hydrogen-bond acceptors (Lipinski definition) is 5. The van der Waals surface area contributed by atoms with E-state index in [2.05, 4.69) is 48.5 Å². The fourth-order valence-corrected chi connectivity index (χ4v) is 5.81. The SMILES string of the molecule is C=CC(=O)NCC(NC(=O)[C@H](Cc1nc2ccc(C(C)C)cc2s1)NC(=O)CCC)C1CCCCC1. The van der Waals surface area contributed by atoms with Crippen molar-refractivity contribution in [3.05, 3.63) is 41.4 Å². The molecule has 2 aromatic rings. The molecule has 1 unspecified atom stereocenters. The second-order valence-corrected chi connectivity index (χ2v) is 11.1. The third kappa shape index (κ3) is 7.88. The van der Waals surface area contributed by atoms with Crippen molar-refractivity contribution in [2.24, 2.45) is 5.92 Å². The Kier molecular flexibility index (Phi) is 10.5. The van der Waals surface area contributed by atoms with Crippen LogP contribution < -0.4 is 16.0 Å². The molecule has 1 saturated carbocycles. The minimum Gasteiger partial charge on any atom is -0.351 e. The number of fused-ring (bicyclic) bond motifs is 1. The summed E-state index contributed by atoms with van der Waals surface area (Å²) < 4.78 is 1.09. The summed E-state index contributed by atoms with van der Waals surface area (Å²) in [5.74, 6) is 0.0787. The van der Waals surface area contributed by atoms with Gasteiger partial charge in [-0.25, -0.2) is 4.98 Å². The molecule has 3 amide bonds. The summed E-state index contributed by atoms with van der Waals surface area (Å²) >= 11 is 1.57. The summed E-state index contributed by atoms with van der Waals surface area (Å²) in [6.45, 7) is 10.1. The smallest absolute Gasteiger partial charge is 0.243 e. The first-order valence-electron chi connectivity index (χ1n) is 13.2. The predicted octanol–water partition coefficient (Wildman–Crippen LogP) is 4.61. The van der Waals surface area contributed by atoms with E-state index in [-0.39, 0.29) is 29.7 Å². The minimum absolute atomic E-state index is 0.143. The molecule has 0 bridgehead atoms. The molecule has 3 N–H and O–H groups in total. The summed E-state index contributed by atoms with van der Waals surface area (Å²) in [7, 11) is 0. The monoisotopic (exact) mass is 512 g/mol. The van der Waals surface area contributed by atoms with E-state index in [1.165, 1.54) is 18.1 Å². The topological polar surface area (TPSA) is 100 Å². The zero-order valence-electron chi connectivity index (χ0n) is 21.8. The maximum Gasteiger partial charge on any atom is 0.243 e. The lowest BCUT2D eigenvalue weighted by Crippen LogP contribution is -2.55. The second kappa shape index (κ2) is 13.5. The summed E-state index contributed by atoms with van der Waals surface area (Å²) in [5, 5.41) is 9.77. The van der Waals surface area contributed by atoms with Crippen molar-refractivity contribution in [3.8, 4) is 0 Å². The number of hydrogen-bond donors (Lipinski definition) is 3. The third-order valence-electron chi connectivity index (χ3n) is 6.86. The molecule has 0 aliphatic heterocycles. The quantitative estimate of drug-likeness (QED) is 0.362. The van der Waals surface area contributed by atoms with Crippen LogP contribution in [0.2, 0.25) is 0 Å². The molecule has 1 heterocycles. The van der Waals surface area contributed by atoms with Gasteiger partial charge in [0.2, 0.25) is 17.7 Å². The van der Waals surface area contributed by atoms with Crippen LogP contribution in [0.15, 0.2) is 30.9 Å². The van der Waals surface area contributed by atoms with Gasteiger partial charge in [0, 0.05) is 25.4 Å². The lowest BCUT2D eigenvalue weighted by atomic mass is 9.83. The van der Waals surface area contributed by atoms with E-state index >= 15 is 0 Å². The Balaban J connectivity index is 1.79. The third-order valence-corrected chi connectivity index (χ3v) is 7.90. The number of benzene rings is 1. The first-order valence-corrected chi connectivity index (χ1v) is 14.0. The van der Waals surface area contributed by atoms with Crippen molar-refractivity contribution in [1.82, 2.24) is 20.9 Å². The summed E-state index contributed by atoms with van der Waals surface area (Å²) in [5.41, 5.74) is 2.16. The number of carbonyl (C=O) groups excluding carboxylic acids is 3. The molecule has 7 nitrogen and oxygen atoms in total. The molecule has 196 valence electrons. The summed E-state index contributed by atoms with van der Waals surface area (Å²) in [6.07, 6.45) is 8.10. The van der Waals surface area contributed by atoms with Gasteiger partial charge in [0.05, 0.1) is 15.2 Å². The number of aromatic nitrogens is 1. The summed E-state index contributed by atoms with van der Waals surface area (Å²) in [4.78, 5) is 42.6. The molecular weight excluding hydrogens is 472 g/mol. The van der Waals surface area contributed by atoms with Crippen molar-refractivity contribution in [1.29, 1.82) is 0 Å². The maximum absolute atomic E-state index is 13.5. The molecule has 3 rings (SSSR count). The molecule has 1 aliphatic rings. The van der Waals surface area contributed by atoms with Crippen molar-refractivity contribution >= 4 is 39.3 Å². The fraction of sp³-hybridized carbons (Fsp3) is 0.571. The van der Waals surface area contributed by atoms with Crippen LogP contribution in [-0.4, -0.2) is 41.3 Å². The summed E-state index contributed by atoms with van der Waals surface area (Å²) in [6, 6.07) is 5.35. The number of carbonyl (C=O) groups is 3. The predicted molar refractivity (Wildman–Crippen MR) is 146 cm³/mol. The van der Waals surface area contributed by atoms with Crippen molar-refractivity contribution < 1.29 is 14.4 Å². The van der Waals surface area contributed by atoms with Crippen LogP contribution in [-0.2, 0) is 20.8 Å². The molecule has 1 fully saturated rings. The van der Waals surface area contributed by atoms with E-state index in [0.717, 1.165) is 40.9 Å². The Morgan fingerprint density at radius 2 is 1.92 bits per heavy atom. The van der Waals surface area contributed by atoms with Crippen LogP contribution in [0.1, 0.15) is 82.2 Å². The zero-order valence-corrected chi connectivity index (χ0v) is 22.6. The fourth-order valence-electron chi connectivity index (χ4n) is 4.75. The Morgan fingerprint density at radius 3 is 2.58 bits per heavy atom. The van der Waals surface area contributed by atoms with Crippen LogP contribution in [0, 0.1) is 5.92 Å². The van der Waals surface area contributed by atoms with Crippen LogP contribution in [0.4, 0.5) is 0 Å². The number of nitrogens with one attached hydrogen (secondary N) is 3. The molecule has 0 radical (unpaired) electrons. The van der Waals surface area contributed by atoms with E-state index in [9.17, 15) is 14.4 Å². The van der Waals surface area contributed by atoms with Gasteiger partial charge in [0.25, 0.3) is 0 Å². The van der Waals surface area contributed by atoms with Crippen LogP contribution in [0.5, 0.6) is 0 Å². The van der Waals surface area contributed by atoms with E-state index in [4.69, 9.17) is 4.98 Å². The highest BCUT2D eigenvalue weighted by Gasteiger charge is 2.29. The lowest BCUT2D eigenvalue weighted by molar-refractivity contribution is -0.129. The highest BCUT2D eigenvalue weighted by molar-refractivity contribution is 7.18. The number of rotatable bonds is 12. The molecule has 1 aromatic heterocycles. The van der Waals surface area contributed by atoms with E-state index in [1.807, 2.05) is 13.0 Å². The van der Waals surface area contributed by atoms with Gasteiger partial charge in [-0.05, 0) is 54.9 Å². The standard InChI is InChI=1S/C28H40N4O3S/c1-5-10-26(34)30-22(16-27-31-21-14-13-20(18(3)4)15-24(21)36-27)28(35)32-23(17-29-25(33)6-2)19-11-8-7-9-12-19/h6,13-15,18-19,22-23H,2,5,7-12,16-17H2,1,3-4H3,(H,29,33)(H,30,34)(H,32,35)/t22-,23?/m0/s1. The van der Waals surface area contributed by atoms with E-state index < -0.39 is 6.04 Å². The Morgan fingerprint density at radius 1 is 1.17 bits per heavy atom. The van der Waals surface area contributed by atoms with E-state index in [0.29, 0.717) is 31.7 Å². The Bertz CT molecular complexity index is 1060. The van der Waals surface area contributed by atoms with Gasteiger partial charge >= 0.3 is 0 Å². The van der Waals surface area contributed by atoms with Gasteiger partial charge in [-0.3, -0.25) is 14.4 Å². The molecule has 2 atom stereocenters. The lowest BCUT2D eigenvalue weighted by Gasteiger charge is -2.32. The Labute approximate surface area is 218 Å². The Hall–Kier alpha value is -2.74. The number of amides is 3. The van der Waals surface area contributed by atoms with Crippen molar-refractivity contribution in [2.45, 2.75) is 90.1 Å². The van der Waals surface area contributed by atoms with Crippen molar-refractivity contribution in [3.63, 3.8) is 0 Å². The first-order chi connectivity index (χ1) is 17.3. The highest BCUT2D eigenvalue weighted by atomic mass is 32.1. The van der Waals surface area contributed by atoms with Crippen LogP contribution in [0.3, 0.4) is 0 Å². The highest BCUT2D eigenvalue weighted by Crippen LogP contribution is 2.28. The molecule has 0 spiro atoms. The van der Waals surface area contributed by atoms with Gasteiger partial charge < -0.3 is 16.0 Å².